The lowest BCUT2D eigenvalue weighted by atomic mass is 9.84. The molecular formula is C27H34N2O5. The Balaban J connectivity index is 1.64. The number of benzene rings is 2. The van der Waals surface area contributed by atoms with E-state index in [1.54, 1.807) is 0 Å². The lowest BCUT2D eigenvalue weighted by Gasteiger charge is -2.28. The Hall–Kier alpha value is -3.35. The van der Waals surface area contributed by atoms with Crippen LogP contribution in [0.25, 0.3) is 11.1 Å². The number of fused-ring (bicyclic) bond motifs is 3. The predicted octanol–water partition coefficient (Wildman–Crippen LogP) is 4.70. The summed E-state index contributed by atoms with van der Waals surface area (Å²) in [6, 6.07) is 15.1. The summed E-state index contributed by atoms with van der Waals surface area (Å²) in [6.07, 6.45) is 0.800. The van der Waals surface area contributed by atoms with E-state index in [2.05, 4.69) is 43.5 Å². The maximum absolute atomic E-state index is 12.8. The summed E-state index contributed by atoms with van der Waals surface area (Å²) in [5.41, 5.74) is 4.38. The first kappa shape index (κ1) is 25.3. The molecule has 2 aromatic rings. The number of alkyl carbamates (subject to hydrolysis) is 1. The molecule has 1 atom stereocenters. The summed E-state index contributed by atoms with van der Waals surface area (Å²) in [6.45, 7) is 6.78. The average molecular weight is 467 g/mol. The van der Waals surface area contributed by atoms with Crippen molar-refractivity contribution in [3.63, 3.8) is 0 Å². The molecule has 3 rings (SSSR count). The second-order valence-corrected chi connectivity index (χ2v) is 9.19. The summed E-state index contributed by atoms with van der Waals surface area (Å²) in [5, 5.41) is 14.5. The van der Waals surface area contributed by atoms with Crippen LogP contribution in [0.1, 0.15) is 63.5 Å². The Labute approximate surface area is 200 Å². The van der Waals surface area contributed by atoms with Crippen LogP contribution in [0, 0.1) is 5.41 Å². The molecule has 1 unspecified atom stereocenters. The van der Waals surface area contributed by atoms with Gasteiger partial charge in [-0.05, 0) is 46.9 Å². The van der Waals surface area contributed by atoms with Crippen molar-refractivity contribution in [1.82, 2.24) is 10.6 Å². The molecule has 0 bridgehead atoms. The second kappa shape index (κ2) is 11.2. The molecule has 1 aliphatic carbocycles. The lowest BCUT2D eigenvalue weighted by molar-refractivity contribution is -0.137. The van der Waals surface area contributed by atoms with Gasteiger partial charge in [0.05, 0.1) is 0 Å². The number of hydrogen-bond acceptors (Lipinski definition) is 4. The Morgan fingerprint density at radius 3 is 2.09 bits per heavy atom. The molecule has 0 saturated heterocycles. The van der Waals surface area contributed by atoms with E-state index in [4.69, 9.17) is 9.84 Å². The molecule has 0 spiro atoms. The van der Waals surface area contributed by atoms with E-state index in [-0.39, 0.29) is 30.8 Å². The zero-order chi connectivity index (χ0) is 24.7. The molecule has 1 aliphatic rings. The van der Waals surface area contributed by atoms with Crippen molar-refractivity contribution in [2.75, 3.05) is 13.2 Å². The Morgan fingerprint density at radius 2 is 1.56 bits per heavy atom. The van der Waals surface area contributed by atoms with Gasteiger partial charge in [0.15, 0.2) is 0 Å². The highest BCUT2D eigenvalue weighted by molar-refractivity contribution is 5.86. The van der Waals surface area contributed by atoms with E-state index in [0.717, 1.165) is 35.1 Å². The number of carbonyl (C=O) groups excluding carboxylic acids is 2. The minimum Gasteiger partial charge on any atom is -0.481 e. The molecular weight excluding hydrogens is 432 g/mol. The number of hydrogen-bond donors (Lipinski definition) is 3. The van der Waals surface area contributed by atoms with Gasteiger partial charge in [0.2, 0.25) is 5.91 Å². The summed E-state index contributed by atoms with van der Waals surface area (Å²) in [7, 11) is 0. The molecule has 3 N–H and O–H groups in total. The van der Waals surface area contributed by atoms with Crippen LogP contribution in [0.3, 0.4) is 0 Å². The monoisotopic (exact) mass is 466 g/mol. The number of rotatable bonds is 11. The van der Waals surface area contributed by atoms with Crippen molar-refractivity contribution < 1.29 is 24.2 Å². The van der Waals surface area contributed by atoms with Crippen molar-refractivity contribution in [2.45, 2.75) is 58.4 Å². The lowest BCUT2D eigenvalue weighted by Crippen LogP contribution is -2.49. The first-order valence-electron chi connectivity index (χ1n) is 11.9. The molecule has 2 amide bonds. The van der Waals surface area contributed by atoms with E-state index in [1.165, 1.54) is 0 Å². The van der Waals surface area contributed by atoms with Crippen LogP contribution in [0.2, 0.25) is 0 Å². The summed E-state index contributed by atoms with van der Waals surface area (Å²) in [5.74, 6) is -1.53. The van der Waals surface area contributed by atoms with Gasteiger partial charge in [0.25, 0.3) is 0 Å². The number of carboxylic acid groups (broad SMARTS) is 1. The van der Waals surface area contributed by atoms with Gasteiger partial charge in [-0.2, -0.15) is 0 Å². The van der Waals surface area contributed by atoms with Crippen LogP contribution >= 0.6 is 0 Å². The van der Waals surface area contributed by atoms with Crippen LogP contribution in [0.5, 0.6) is 0 Å². The largest absolute Gasteiger partial charge is 0.481 e. The summed E-state index contributed by atoms with van der Waals surface area (Å²) in [4.78, 5) is 36.5. The third-order valence-corrected chi connectivity index (χ3v) is 7.00. The number of nitrogens with one attached hydrogen (secondary N) is 2. The highest BCUT2D eigenvalue weighted by Crippen LogP contribution is 2.44. The molecule has 0 heterocycles. The average Bonchev–Trinajstić information content (AvgIpc) is 3.17. The first-order chi connectivity index (χ1) is 16.3. The zero-order valence-electron chi connectivity index (χ0n) is 20.1. The molecule has 7 nitrogen and oxygen atoms in total. The molecule has 0 aromatic heterocycles. The second-order valence-electron chi connectivity index (χ2n) is 9.19. The van der Waals surface area contributed by atoms with Crippen molar-refractivity contribution >= 4 is 18.0 Å². The molecule has 7 heteroatoms. The van der Waals surface area contributed by atoms with Gasteiger partial charge in [0, 0.05) is 18.9 Å². The van der Waals surface area contributed by atoms with Crippen LogP contribution in [-0.4, -0.2) is 42.3 Å². The standard InChI is InChI=1S/C27H34N2O5/c1-4-27(3,5-2)17-28-25(32)23(14-15-24(30)31)29-26(33)34-16-22-20-12-8-6-10-18(20)19-11-7-9-13-21(19)22/h6-13,22-23H,4-5,14-17H2,1-3H3,(H,28,32)(H,29,33)(H,30,31). The Kier molecular flexibility index (Phi) is 8.31. The molecule has 182 valence electrons. The molecule has 0 aliphatic heterocycles. The van der Waals surface area contributed by atoms with Crippen molar-refractivity contribution in [2.24, 2.45) is 5.41 Å². The van der Waals surface area contributed by atoms with E-state index in [9.17, 15) is 14.4 Å². The Morgan fingerprint density at radius 1 is 1.00 bits per heavy atom. The number of carboxylic acids is 1. The minimum absolute atomic E-state index is 0.0136. The van der Waals surface area contributed by atoms with E-state index >= 15 is 0 Å². The van der Waals surface area contributed by atoms with E-state index < -0.39 is 24.0 Å². The third-order valence-electron chi connectivity index (χ3n) is 7.00. The molecule has 0 saturated carbocycles. The predicted molar refractivity (Wildman–Crippen MR) is 131 cm³/mol. The maximum atomic E-state index is 12.8. The fraction of sp³-hybridized carbons (Fsp3) is 0.444. The van der Waals surface area contributed by atoms with Crippen molar-refractivity contribution in [1.29, 1.82) is 0 Å². The van der Waals surface area contributed by atoms with Gasteiger partial charge in [0.1, 0.15) is 12.6 Å². The normalized spacial score (nSPS) is 13.5. The van der Waals surface area contributed by atoms with Crippen LogP contribution in [-0.2, 0) is 14.3 Å². The van der Waals surface area contributed by atoms with Gasteiger partial charge < -0.3 is 20.5 Å². The van der Waals surface area contributed by atoms with Gasteiger partial charge in [-0.1, -0.05) is 69.3 Å². The highest BCUT2D eigenvalue weighted by atomic mass is 16.5. The molecule has 2 aromatic carbocycles. The highest BCUT2D eigenvalue weighted by Gasteiger charge is 2.30. The van der Waals surface area contributed by atoms with Crippen LogP contribution < -0.4 is 10.6 Å². The summed E-state index contributed by atoms with van der Waals surface area (Å²) >= 11 is 0. The smallest absolute Gasteiger partial charge is 0.407 e. The van der Waals surface area contributed by atoms with Gasteiger partial charge in [-0.25, -0.2) is 4.79 Å². The zero-order valence-corrected chi connectivity index (χ0v) is 20.1. The van der Waals surface area contributed by atoms with Crippen LogP contribution in [0.4, 0.5) is 4.79 Å². The van der Waals surface area contributed by atoms with Gasteiger partial charge in [-0.15, -0.1) is 0 Å². The minimum atomic E-state index is -1.03. The number of aliphatic carboxylic acids is 1. The maximum Gasteiger partial charge on any atom is 0.407 e. The molecule has 34 heavy (non-hydrogen) atoms. The Bertz CT molecular complexity index is 986. The number of ether oxygens (including phenoxy) is 1. The fourth-order valence-corrected chi connectivity index (χ4v) is 4.24. The number of amides is 2. The van der Waals surface area contributed by atoms with Crippen LogP contribution in [0.15, 0.2) is 48.5 Å². The quantitative estimate of drug-likeness (QED) is 0.445. The molecule has 0 radical (unpaired) electrons. The summed E-state index contributed by atoms with van der Waals surface area (Å²) < 4.78 is 5.54. The topological polar surface area (TPSA) is 105 Å². The fourth-order valence-electron chi connectivity index (χ4n) is 4.24. The SMILES string of the molecule is CCC(C)(CC)CNC(=O)C(CCC(=O)O)NC(=O)OCC1c2ccccc2-c2ccccc21. The van der Waals surface area contributed by atoms with E-state index in [0.29, 0.717) is 6.54 Å². The van der Waals surface area contributed by atoms with Crippen molar-refractivity contribution in [3.05, 3.63) is 59.7 Å². The number of carbonyl (C=O) groups is 3. The first-order valence-corrected chi connectivity index (χ1v) is 11.9. The third kappa shape index (κ3) is 5.95. The van der Waals surface area contributed by atoms with Gasteiger partial charge in [-0.3, -0.25) is 9.59 Å². The van der Waals surface area contributed by atoms with Gasteiger partial charge >= 0.3 is 12.1 Å². The van der Waals surface area contributed by atoms with E-state index in [1.807, 2.05) is 36.4 Å². The molecule has 0 fully saturated rings. The van der Waals surface area contributed by atoms with Crippen molar-refractivity contribution in [3.8, 4) is 11.1 Å².